The summed E-state index contributed by atoms with van der Waals surface area (Å²) in [6.45, 7) is 3.92. The van der Waals surface area contributed by atoms with Crippen LogP contribution in [0.25, 0.3) is 0 Å². The number of carbonyl (C=O) groups is 1. The van der Waals surface area contributed by atoms with Gasteiger partial charge in [0.15, 0.2) is 11.4 Å². The Bertz CT molecular complexity index is 1510. The van der Waals surface area contributed by atoms with E-state index in [1.54, 1.807) is 6.92 Å². The van der Waals surface area contributed by atoms with Crippen LogP contribution in [-0.2, 0) is 17.1 Å². The Morgan fingerprint density at radius 2 is 2.08 bits per heavy atom. The number of hydrogen-bond donors (Lipinski definition) is 2. The lowest BCUT2D eigenvalue weighted by Crippen LogP contribution is -2.23. The molecular weight excluding hydrogens is 537 g/mol. The van der Waals surface area contributed by atoms with Crippen LogP contribution in [0, 0.1) is 24.1 Å². The first-order valence-electron chi connectivity index (χ1n) is 12.3. The van der Waals surface area contributed by atoms with E-state index in [1.807, 2.05) is 0 Å². The minimum Gasteiger partial charge on any atom is -0.486 e. The zero-order valence-corrected chi connectivity index (χ0v) is 22.8. The summed E-state index contributed by atoms with van der Waals surface area (Å²) in [5.74, 6) is 0.0810. The average molecular weight is 566 g/mol. The van der Waals surface area contributed by atoms with Crippen LogP contribution in [-0.4, -0.2) is 35.2 Å². The Kier molecular flexibility index (Phi) is 6.77. The van der Waals surface area contributed by atoms with E-state index < -0.39 is 21.7 Å². The maximum Gasteiger partial charge on any atom is 0.276 e. The Morgan fingerprint density at radius 1 is 1.32 bits per heavy atom. The Hall–Kier alpha value is -2.96. The first-order chi connectivity index (χ1) is 17.9. The van der Waals surface area contributed by atoms with Crippen LogP contribution in [0.2, 0.25) is 5.02 Å². The number of nitrogens with one attached hydrogen (secondary N) is 1. The van der Waals surface area contributed by atoms with Crippen molar-refractivity contribution in [2.75, 3.05) is 5.32 Å². The molecule has 0 bridgehead atoms. The van der Waals surface area contributed by atoms with Gasteiger partial charge in [0.1, 0.15) is 16.8 Å². The van der Waals surface area contributed by atoms with Crippen LogP contribution in [0.3, 0.4) is 0 Å². The highest BCUT2D eigenvalue weighted by atomic mass is 35.5. The SMILES string of the molecule is Cc1nnc(C2CCC[C@H](C)C3(C2)C[C@H]3Oc2c(S(N)(=O)=O)cn(C)c2C(=O)Nc2ccc(F)c(Cl)c2)o1. The van der Waals surface area contributed by atoms with E-state index in [0.717, 1.165) is 31.7 Å². The van der Waals surface area contributed by atoms with Gasteiger partial charge in [0, 0.05) is 37.2 Å². The van der Waals surface area contributed by atoms with Gasteiger partial charge in [-0.25, -0.2) is 17.9 Å². The quantitative estimate of drug-likeness (QED) is 0.446. The Morgan fingerprint density at radius 3 is 2.74 bits per heavy atom. The van der Waals surface area contributed by atoms with Crippen molar-refractivity contribution in [3.05, 3.63) is 52.7 Å². The molecule has 204 valence electrons. The van der Waals surface area contributed by atoms with E-state index in [-0.39, 0.29) is 44.5 Å². The van der Waals surface area contributed by atoms with E-state index in [4.69, 9.17) is 25.9 Å². The third-order valence-corrected chi connectivity index (χ3v) is 8.99. The normalized spacial score (nSPS) is 25.3. The van der Waals surface area contributed by atoms with Crippen molar-refractivity contribution in [3.8, 4) is 5.75 Å². The van der Waals surface area contributed by atoms with Gasteiger partial charge in [-0.15, -0.1) is 10.2 Å². The van der Waals surface area contributed by atoms with Crippen LogP contribution in [0.1, 0.15) is 67.2 Å². The molecule has 2 heterocycles. The molecule has 3 aromatic rings. The monoisotopic (exact) mass is 565 g/mol. The lowest BCUT2D eigenvalue weighted by Gasteiger charge is -2.24. The summed E-state index contributed by atoms with van der Waals surface area (Å²) in [5, 5.41) is 16.2. The van der Waals surface area contributed by atoms with E-state index in [1.165, 1.54) is 29.9 Å². The van der Waals surface area contributed by atoms with Gasteiger partial charge >= 0.3 is 0 Å². The number of aryl methyl sites for hydroxylation is 2. The molecule has 4 atom stereocenters. The van der Waals surface area contributed by atoms with Crippen molar-refractivity contribution in [1.82, 2.24) is 14.8 Å². The molecule has 1 amide bonds. The van der Waals surface area contributed by atoms with Crippen molar-refractivity contribution in [3.63, 3.8) is 0 Å². The van der Waals surface area contributed by atoms with Crippen LogP contribution < -0.4 is 15.2 Å². The van der Waals surface area contributed by atoms with Crippen LogP contribution >= 0.6 is 11.6 Å². The van der Waals surface area contributed by atoms with Gasteiger partial charge in [0.05, 0.1) is 5.02 Å². The molecule has 2 fully saturated rings. The van der Waals surface area contributed by atoms with Crippen molar-refractivity contribution < 1.29 is 26.8 Å². The molecule has 2 saturated carbocycles. The first kappa shape index (κ1) is 26.6. The first-order valence-corrected chi connectivity index (χ1v) is 14.3. The lowest BCUT2D eigenvalue weighted by atomic mass is 9.83. The topological polar surface area (TPSA) is 142 Å². The lowest BCUT2D eigenvalue weighted by molar-refractivity contribution is 0.101. The Labute approximate surface area is 224 Å². The third-order valence-electron chi connectivity index (χ3n) is 7.80. The smallest absolute Gasteiger partial charge is 0.276 e. The predicted octanol–water partition coefficient (Wildman–Crippen LogP) is 4.54. The average Bonchev–Trinajstić information content (AvgIpc) is 3.22. The Balaban J connectivity index is 1.46. The highest BCUT2D eigenvalue weighted by Crippen LogP contribution is 2.62. The molecule has 1 aromatic carbocycles. The van der Waals surface area contributed by atoms with Gasteiger partial charge in [-0.05, 0) is 43.4 Å². The van der Waals surface area contributed by atoms with Crippen molar-refractivity contribution in [2.24, 2.45) is 23.5 Å². The van der Waals surface area contributed by atoms with Gasteiger partial charge in [-0.1, -0.05) is 31.4 Å². The minimum atomic E-state index is -4.22. The van der Waals surface area contributed by atoms with E-state index in [9.17, 15) is 17.6 Å². The van der Waals surface area contributed by atoms with Gasteiger partial charge in [-0.3, -0.25) is 4.79 Å². The number of ether oxygens (including phenoxy) is 1. The highest BCUT2D eigenvalue weighted by molar-refractivity contribution is 7.89. The molecule has 2 aliphatic rings. The van der Waals surface area contributed by atoms with Gasteiger partial charge in [-0.2, -0.15) is 0 Å². The third kappa shape index (κ3) is 4.92. The number of nitrogens with zero attached hydrogens (tertiary/aromatic N) is 3. The molecule has 2 unspecified atom stereocenters. The van der Waals surface area contributed by atoms with Crippen molar-refractivity contribution in [2.45, 2.75) is 62.9 Å². The number of primary sulfonamides is 1. The largest absolute Gasteiger partial charge is 0.486 e. The molecule has 0 saturated heterocycles. The fourth-order valence-corrected chi connectivity index (χ4v) is 6.54. The van der Waals surface area contributed by atoms with Crippen LogP contribution in [0.15, 0.2) is 33.7 Å². The zero-order valence-electron chi connectivity index (χ0n) is 21.2. The molecule has 0 aliphatic heterocycles. The number of amides is 1. The highest BCUT2D eigenvalue weighted by Gasteiger charge is 2.61. The molecule has 5 rings (SSSR count). The number of nitrogens with two attached hydrogens (primary N) is 1. The molecule has 13 heteroatoms. The molecule has 3 N–H and O–H groups in total. The van der Waals surface area contributed by atoms with E-state index >= 15 is 0 Å². The number of halogens is 2. The second-order valence-corrected chi connectivity index (χ2v) is 12.3. The molecule has 2 aromatic heterocycles. The van der Waals surface area contributed by atoms with Crippen LogP contribution in [0.4, 0.5) is 10.1 Å². The van der Waals surface area contributed by atoms with E-state index in [2.05, 4.69) is 22.4 Å². The molecule has 10 nitrogen and oxygen atoms in total. The summed E-state index contributed by atoms with van der Waals surface area (Å²) in [6.07, 6.45) is 5.22. The number of hydrogen-bond acceptors (Lipinski definition) is 7. The van der Waals surface area contributed by atoms with E-state index in [0.29, 0.717) is 24.1 Å². The summed E-state index contributed by atoms with van der Waals surface area (Å²) >= 11 is 5.85. The standard InChI is InChI=1S/C25H29ClFN5O5S/c1-13-5-4-6-15(24-31-30-14(2)36-24)10-25(13)11-20(25)37-22-19(38(28,34)35)12-32(3)21(22)23(33)29-16-7-8-18(27)17(26)9-16/h7-9,12-13,15,20H,4-6,10-11H2,1-3H3,(H,29,33)(H2,28,34,35)/t13-,15?,20+,25?/m0/s1. The predicted molar refractivity (Wildman–Crippen MR) is 137 cm³/mol. The van der Waals surface area contributed by atoms with Crippen LogP contribution in [0.5, 0.6) is 5.75 Å². The maximum absolute atomic E-state index is 13.6. The van der Waals surface area contributed by atoms with Gasteiger partial charge in [0.25, 0.3) is 5.91 Å². The number of benzene rings is 1. The second-order valence-electron chi connectivity index (χ2n) is 10.3. The number of anilines is 1. The number of aromatic nitrogens is 3. The summed E-state index contributed by atoms with van der Waals surface area (Å²) in [5.41, 5.74) is -0.0293. The fourth-order valence-electron chi connectivity index (χ4n) is 5.65. The number of rotatable bonds is 6. The summed E-state index contributed by atoms with van der Waals surface area (Å²) in [6, 6.07) is 3.74. The second kappa shape index (κ2) is 9.65. The molecule has 38 heavy (non-hydrogen) atoms. The molecule has 1 spiro atoms. The fraction of sp³-hybridized carbons (Fsp3) is 0.480. The van der Waals surface area contributed by atoms with Gasteiger partial charge < -0.3 is 19.0 Å². The number of carbonyl (C=O) groups excluding carboxylic acids is 1. The zero-order chi connectivity index (χ0) is 27.4. The minimum absolute atomic E-state index is 0.0260. The maximum atomic E-state index is 13.6. The summed E-state index contributed by atoms with van der Waals surface area (Å²) in [4.78, 5) is 13.0. The van der Waals surface area contributed by atoms with Crippen molar-refractivity contribution >= 4 is 33.2 Å². The molecule has 2 aliphatic carbocycles. The molecular formula is C25H29ClFN5O5S. The summed E-state index contributed by atoms with van der Waals surface area (Å²) < 4.78 is 52.0. The number of sulfonamides is 1. The van der Waals surface area contributed by atoms with Crippen molar-refractivity contribution in [1.29, 1.82) is 0 Å². The summed E-state index contributed by atoms with van der Waals surface area (Å²) in [7, 11) is -2.69. The molecule has 0 radical (unpaired) electrons. The van der Waals surface area contributed by atoms with Gasteiger partial charge in [0.2, 0.25) is 21.8 Å².